The van der Waals surface area contributed by atoms with Crippen molar-refractivity contribution in [3.63, 3.8) is 0 Å². The summed E-state index contributed by atoms with van der Waals surface area (Å²) in [6.45, 7) is 0. The summed E-state index contributed by atoms with van der Waals surface area (Å²) in [5.41, 5.74) is 0. The molecule has 0 aliphatic carbocycles. The first-order valence-corrected chi connectivity index (χ1v) is 4.44. The Morgan fingerprint density at radius 3 is 1.85 bits per heavy atom. The fourth-order valence-corrected chi connectivity index (χ4v) is 1.32. The normalized spacial score (nSPS) is 11.5. The maximum Gasteiger partial charge on any atom is 0.328 e. The Kier molecular flexibility index (Phi) is 2.06. The van der Waals surface area contributed by atoms with Crippen molar-refractivity contribution >= 4 is 10.1 Å². The number of hydrogen-bond acceptors (Lipinski definition) is 5. The van der Waals surface area contributed by atoms with Gasteiger partial charge in [0.1, 0.15) is 10.6 Å². The SMILES string of the molecule is [O]S(=O)(=O)c1cc(O)c(O)cc1O. The van der Waals surface area contributed by atoms with Crippen molar-refractivity contribution in [3.05, 3.63) is 12.1 Å². The van der Waals surface area contributed by atoms with E-state index in [9.17, 15) is 13.0 Å². The smallest absolute Gasteiger partial charge is 0.328 e. The van der Waals surface area contributed by atoms with Gasteiger partial charge < -0.3 is 15.3 Å². The van der Waals surface area contributed by atoms with Gasteiger partial charge in [0.2, 0.25) is 0 Å². The third-order valence-electron chi connectivity index (χ3n) is 1.33. The molecule has 0 aliphatic rings. The highest BCUT2D eigenvalue weighted by Gasteiger charge is 2.19. The van der Waals surface area contributed by atoms with E-state index in [2.05, 4.69) is 0 Å². The second kappa shape index (κ2) is 2.79. The van der Waals surface area contributed by atoms with Gasteiger partial charge in [-0.2, -0.15) is 8.42 Å². The molecule has 1 aromatic carbocycles. The molecule has 7 heteroatoms. The molecule has 0 saturated carbocycles. The van der Waals surface area contributed by atoms with E-state index < -0.39 is 32.3 Å². The lowest BCUT2D eigenvalue weighted by Gasteiger charge is -2.02. The molecule has 0 aromatic heterocycles. The summed E-state index contributed by atoms with van der Waals surface area (Å²) in [5.74, 6) is -2.39. The van der Waals surface area contributed by atoms with E-state index in [1.54, 1.807) is 0 Å². The number of aromatic hydroxyl groups is 3. The Hall–Kier alpha value is -1.47. The number of phenolic OH excluding ortho intramolecular Hbond substituents is 3. The highest BCUT2D eigenvalue weighted by atomic mass is 32.2. The molecule has 0 saturated heterocycles. The minimum atomic E-state index is -4.84. The van der Waals surface area contributed by atoms with Crippen molar-refractivity contribution in [3.8, 4) is 17.2 Å². The van der Waals surface area contributed by atoms with Crippen molar-refractivity contribution in [1.82, 2.24) is 0 Å². The largest absolute Gasteiger partial charge is 0.506 e. The van der Waals surface area contributed by atoms with Crippen molar-refractivity contribution in [2.75, 3.05) is 0 Å². The van der Waals surface area contributed by atoms with Gasteiger partial charge in [0.05, 0.1) is 0 Å². The van der Waals surface area contributed by atoms with Crippen LogP contribution in [0.15, 0.2) is 17.0 Å². The fraction of sp³-hybridized carbons (Fsp3) is 0. The van der Waals surface area contributed by atoms with Crippen molar-refractivity contribution in [2.45, 2.75) is 4.90 Å². The zero-order valence-corrected chi connectivity index (χ0v) is 6.95. The summed E-state index contributed by atoms with van der Waals surface area (Å²) in [5, 5.41) is 26.5. The maximum atomic E-state index is 10.4. The minimum Gasteiger partial charge on any atom is -0.506 e. The van der Waals surface area contributed by atoms with Gasteiger partial charge in [0.15, 0.2) is 11.5 Å². The highest BCUT2D eigenvalue weighted by molar-refractivity contribution is 7.85. The molecule has 1 aromatic rings. The van der Waals surface area contributed by atoms with Crippen LogP contribution in [0.4, 0.5) is 0 Å². The topological polar surface area (TPSA) is 115 Å². The number of hydrogen-bond donors (Lipinski definition) is 3. The molecule has 1 radical (unpaired) electrons. The molecule has 1 rings (SSSR count). The first kappa shape index (κ1) is 9.62. The van der Waals surface area contributed by atoms with Crippen molar-refractivity contribution in [2.24, 2.45) is 0 Å². The second-order valence-electron chi connectivity index (χ2n) is 2.26. The molecule has 0 amide bonds. The molecule has 0 unspecified atom stereocenters. The van der Waals surface area contributed by atoms with E-state index >= 15 is 0 Å². The minimum absolute atomic E-state index is 0.479. The van der Waals surface area contributed by atoms with Crippen LogP contribution in [0.25, 0.3) is 0 Å². The van der Waals surface area contributed by atoms with Gasteiger partial charge in [0, 0.05) is 12.1 Å². The second-order valence-corrected chi connectivity index (χ2v) is 3.61. The van der Waals surface area contributed by atoms with Crippen LogP contribution in [0, 0.1) is 0 Å². The molecular formula is C6H5O6S. The van der Waals surface area contributed by atoms with Gasteiger partial charge in [-0.15, -0.1) is 0 Å². The Balaban J connectivity index is 3.50. The first-order chi connectivity index (χ1) is 5.82. The molecule has 0 spiro atoms. The summed E-state index contributed by atoms with van der Waals surface area (Å²) >= 11 is 0. The number of rotatable bonds is 1. The molecule has 6 nitrogen and oxygen atoms in total. The van der Waals surface area contributed by atoms with Crippen molar-refractivity contribution in [1.29, 1.82) is 0 Å². The van der Waals surface area contributed by atoms with Gasteiger partial charge in [-0.3, -0.25) is 0 Å². The Bertz CT molecular complexity index is 435. The highest BCUT2D eigenvalue weighted by Crippen LogP contribution is 2.34. The Morgan fingerprint density at radius 1 is 0.923 bits per heavy atom. The number of benzene rings is 1. The average Bonchev–Trinajstić information content (AvgIpc) is 1.94. The molecule has 13 heavy (non-hydrogen) atoms. The van der Waals surface area contributed by atoms with Crippen LogP contribution in [-0.4, -0.2) is 23.7 Å². The van der Waals surface area contributed by atoms with E-state index in [0.717, 1.165) is 0 Å². The maximum absolute atomic E-state index is 10.4. The van der Waals surface area contributed by atoms with Crippen LogP contribution in [0.2, 0.25) is 0 Å². The quantitative estimate of drug-likeness (QED) is 0.438. The van der Waals surface area contributed by atoms with Crippen LogP contribution in [0.3, 0.4) is 0 Å². The Labute approximate surface area is 73.4 Å². The summed E-state index contributed by atoms with van der Waals surface area (Å²) in [6.07, 6.45) is 0. The lowest BCUT2D eigenvalue weighted by atomic mass is 10.3. The summed E-state index contributed by atoms with van der Waals surface area (Å²) in [6, 6.07) is 1.05. The van der Waals surface area contributed by atoms with Crippen LogP contribution in [-0.2, 0) is 14.7 Å². The van der Waals surface area contributed by atoms with E-state index in [4.69, 9.17) is 15.3 Å². The van der Waals surface area contributed by atoms with Gasteiger partial charge in [-0.1, -0.05) is 4.55 Å². The fourth-order valence-electron chi connectivity index (χ4n) is 0.747. The van der Waals surface area contributed by atoms with Gasteiger partial charge >= 0.3 is 10.1 Å². The van der Waals surface area contributed by atoms with E-state index in [-0.39, 0.29) is 0 Å². The molecule has 71 valence electrons. The molecule has 0 fully saturated rings. The predicted molar refractivity (Wildman–Crippen MR) is 39.3 cm³/mol. The first-order valence-electron chi connectivity index (χ1n) is 3.03. The average molecular weight is 205 g/mol. The van der Waals surface area contributed by atoms with E-state index in [1.807, 2.05) is 0 Å². The lowest BCUT2D eigenvalue weighted by molar-refractivity contribution is 0.382. The summed E-state index contributed by atoms with van der Waals surface area (Å²) in [4.78, 5) is -0.970. The molecule has 0 heterocycles. The zero-order chi connectivity index (χ0) is 10.2. The monoisotopic (exact) mass is 205 g/mol. The van der Waals surface area contributed by atoms with Crippen LogP contribution < -0.4 is 0 Å². The zero-order valence-electron chi connectivity index (χ0n) is 6.13. The van der Waals surface area contributed by atoms with E-state index in [1.165, 1.54) is 0 Å². The van der Waals surface area contributed by atoms with Crippen LogP contribution >= 0.6 is 0 Å². The van der Waals surface area contributed by atoms with Crippen molar-refractivity contribution < 1.29 is 28.3 Å². The van der Waals surface area contributed by atoms with Crippen LogP contribution in [0.1, 0.15) is 0 Å². The third kappa shape index (κ3) is 1.82. The molecule has 0 atom stereocenters. The summed E-state index contributed by atoms with van der Waals surface area (Å²) < 4.78 is 31.2. The predicted octanol–water partition coefficient (Wildman–Crippen LogP) is -0.0774. The third-order valence-corrected chi connectivity index (χ3v) is 2.19. The standard InChI is InChI=1S/C6H5O6S/c7-3-1-5(9)6(2-4(3)8)13(10,11)12/h1-2,7-9H. The van der Waals surface area contributed by atoms with Gasteiger partial charge in [-0.25, -0.2) is 0 Å². The molecule has 3 N–H and O–H groups in total. The van der Waals surface area contributed by atoms with E-state index in [0.29, 0.717) is 12.1 Å². The molecule has 0 bridgehead atoms. The Morgan fingerprint density at radius 2 is 1.38 bits per heavy atom. The van der Waals surface area contributed by atoms with Crippen LogP contribution in [0.5, 0.6) is 17.2 Å². The molecule has 0 aliphatic heterocycles. The number of phenols is 3. The summed E-state index contributed by atoms with van der Waals surface area (Å²) in [7, 11) is -4.84. The molecular weight excluding hydrogens is 200 g/mol. The van der Waals surface area contributed by atoms with Gasteiger partial charge in [-0.05, 0) is 0 Å². The lowest BCUT2D eigenvalue weighted by Crippen LogP contribution is -1.96. The van der Waals surface area contributed by atoms with Gasteiger partial charge in [0.25, 0.3) is 0 Å².